The zero-order valence-electron chi connectivity index (χ0n) is 20.1. The summed E-state index contributed by atoms with van der Waals surface area (Å²) >= 11 is 0. The molecular weight excluding hydrogens is 476 g/mol. The van der Waals surface area contributed by atoms with E-state index in [-0.39, 0.29) is 5.03 Å². The second kappa shape index (κ2) is 8.66. The van der Waals surface area contributed by atoms with Crippen molar-refractivity contribution in [2.75, 3.05) is 29.6 Å². The van der Waals surface area contributed by atoms with Crippen molar-refractivity contribution in [2.45, 2.75) is 37.1 Å². The van der Waals surface area contributed by atoms with Crippen molar-refractivity contribution in [3.8, 4) is 0 Å². The Kier molecular flexibility index (Phi) is 5.44. The quantitative estimate of drug-likeness (QED) is 0.422. The lowest BCUT2D eigenvalue weighted by atomic mass is 10.1. The molecule has 36 heavy (non-hydrogen) atoms. The van der Waals surface area contributed by atoms with Gasteiger partial charge < -0.3 is 10.2 Å². The number of fused-ring (bicyclic) bond motifs is 1. The predicted octanol–water partition coefficient (Wildman–Crippen LogP) is 3.54. The topological polar surface area (TPSA) is 118 Å². The SMILES string of the molecule is Cc1nc(S(C)(=O)=O)ccc1Nc1nccn2c(C3=CCN(c4ncc(C5CC5)cn4)CC3)cnc12. The highest BCUT2D eigenvalue weighted by molar-refractivity contribution is 7.90. The average Bonchev–Trinajstić information content (AvgIpc) is 3.64. The second-order valence-corrected chi connectivity index (χ2v) is 11.3. The lowest BCUT2D eigenvalue weighted by Gasteiger charge is -2.26. The van der Waals surface area contributed by atoms with E-state index >= 15 is 0 Å². The molecule has 1 aliphatic heterocycles. The van der Waals surface area contributed by atoms with Crippen molar-refractivity contribution in [3.63, 3.8) is 0 Å². The number of hydrogen-bond acceptors (Lipinski definition) is 9. The van der Waals surface area contributed by atoms with Gasteiger partial charge in [0.2, 0.25) is 5.95 Å². The van der Waals surface area contributed by atoms with E-state index in [1.165, 1.54) is 30.0 Å². The van der Waals surface area contributed by atoms with Crippen molar-refractivity contribution in [1.82, 2.24) is 29.3 Å². The van der Waals surface area contributed by atoms with Crippen LogP contribution in [0.4, 0.5) is 17.5 Å². The van der Waals surface area contributed by atoms with Gasteiger partial charge in [-0.15, -0.1) is 0 Å². The third-order valence-electron chi connectivity index (χ3n) is 6.65. The summed E-state index contributed by atoms with van der Waals surface area (Å²) in [6, 6.07) is 3.19. The number of hydrogen-bond donors (Lipinski definition) is 1. The van der Waals surface area contributed by atoms with Gasteiger partial charge in [-0.25, -0.2) is 33.3 Å². The standard InChI is InChI=1S/C25H26N8O2S/c1-16-20(5-6-22(30-16)36(2,34)35)31-23-24-27-15-21(33(24)12-9-26-23)18-7-10-32(11-8-18)25-28-13-19(14-29-25)17-3-4-17/h5-7,9,12-15,17H,3-4,8,10-11H2,1-2H3,(H,26,31). The second-order valence-electron chi connectivity index (χ2n) is 9.31. The molecule has 0 unspecified atom stereocenters. The number of aromatic nitrogens is 6. The Labute approximate surface area is 209 Å². The maximum absolute atomic E-state index is 11.8. The third kappa shape index (κ3) is 4.30. The molecule has 0 spiro atoms. The number of sulfone groups is 1. The van der Waals surface area contributed by atoms with Gasteiger partial charge in [0.05, 0.1) is 23.3 Å². The van der Waals surface area contributed by atoms with Crippen molar-refractivity contribution in [2.24, 2.45) is 0 Å². The maximum Gasteiger partial charge on any atom is 0.225 e. The molecule has 5 heterocycles. The van der Waals surface area contributed by atoms with Crippen molar-refractivity contribution in [3.05, 3.63) is 66.1 Å². The molecule has 0 saturated heterocycles. The Morgan fingerprint density at radius 2 is 1.86 bits per heavy atom. The summed E-state index contributed by atoms with van der Waals surface area (Å²) in [6.45, 7) is 3.32. The Morgan fingerprint density at radius 3 is 2.53 bits per heavy atom. The molecule has 0 aromatic carbocycles. The molecule has 10 nitrogen and oxygen atoms in total. The number of pyridine rings is 1. The highest BCUT2D eigenvalue weighted by Gasteiger charge is 2.25. The van der Waals surface area contributed by atoms with E-state index in [1.54, 1.807) is 19.2 Å². The van der Waals surface area contributed by atoms with Gasteiger partial charge in [-0.05, 0) is 55.4 Å². The van der Waals surface area contributed by atoms with Crippen LogP contribution in [0.1, 0.15) is 42.1 Å². The first-order chi connectivity index (χ1) is 17.4. The van der Waals surface area contributed by atoms with Crippen LogP contribution in [-0.4, -0.2) is 57.1 Å². The predicted molar refractivity (Wildman–Crippen MR) is 137 cm³/mol. The number of anilines is 3. The molecule has 1 N–H and O–H groups in total. The zero-order valence-corrected chi connectivity index (χ0v) is 20.9. The zero-order chi connectivity index (χ0) is 24.9. The van der Waals surface area contributed by atoms with Crippen LogP contribution < -0.4 is 10.2 Å². The summed E-state index contributed by atoms with van der Waals surface area (Å²) in [6.07, 6.45) is 16.1. The van der Waals surface area contributed by atoms with E-state index in [4.69, 9.17) is 0 Å². The van der Waals surface area contributed by atoms with Crippen LogP contribution in [-0.2, 0) is 9.84 Å². The average molecular weight is 503 g/mol. The molecule has 6 rings (SSSR count). The van der Waals surface area contributed by atoms with Crippen LogP contribution >= 0.6 is 0 Å². The molecule has 2 aliphatic rings. The van der Waals surface area contributed by atoms with Crippen molar-refractivity contribution in [1.29, 1.82) is 0 Å². The molecule has 0 atom stereocenters. The molecule has 0 bridgehead atoms. The first kappa shape index (κ1) is 22.6. The minimum Gasteiger partial charge on any atom is -0.337 e. The highest BCUT2D eigenvalue weighted by Crippen LogP contribution is 2.39. The number of nitrogens with zero attached hydrogens (tertiary/aromatic N) is 7. The van der Waals surface area contributed by atoms with E-state index in [2.05, 4.69) is 41.2 Å². The molecule has 184 valence electrons. The van der Waals surface area contributed by atoms with Gasteiger partial charge in [-0.1, -0.05) is 6.08 Å². The van der Waals surface area contributed by atoms with E-state index in [9.17, 15) is 8.42 Å². The highest BCUT2D eigenvalue weighted by atomic mass is 32.2. The van der Waals surface area contributed by atoms with Gasteiger partial charge >= 0.3 is 0 Å². The molecule has 0 radical (unpaired) electrons. The Balaban J connectivity index is 1.23. The van der Waals surface area contributed by atoms with Crippen LogP contribution in [0, 0.1) is 6.92 Å². The fourth-order valence-corrected chi connectivity index (χ4v) is 5.07. The summed E-state index contributed by atoms with van der Waals surface area (Å²) in [4.78, 5) is 24.7. The number of aryl methyl sites for hydroxylation is 1. The lowest BCUT2D eigenvalue weighted by molar-refractivity contribution is 0.598. The number of rotatable bonds is 6. The molecule has 4 aromatic heterocycles. The Bertz CT molecular complexity index is 1590. The fourth-order valence-electron chi connectivity index (χ4n) is 4.45. The molecule has 1 saturated carbocycles. The minimum atomic E-state index is -3.37. The summed E-state index contributed by atoms with van der Waals surface area (Å²) in [5, 5.41) is 3.30. The van der Waals surface area contributed by atoms with Gasteiger partial charge in [0.1, 0.15) is 0 Å². The maximum atomic E-state index is 11.8. The van der Waals surface area contributed by atoms with Crippen LogP contribution in [0.3, 0.4) is 0 Å². The van der Waals surface area contributed by atoms with E-state index in [0.717, 1.165) is 37.4 Å². The van der Waals surface area contributed by atoms with Crippen LogP contribution in [0.25, 0.3) is 11.2 Å². The molecule has 4 aromatic rings. The minimum absolute atomic E-state index is 0.0438. The Morgan fingerprint density at radius 1 is 1.06 bits per heavy atom. The molecule has 11 heteroatoms. The molecule has 1 aliphatic carbocycles. The lowest BCUT2D eigenvalue weighted by Crippen LogP contribution is -2.30. The van der Waals surface area contributed by atoms with Gasteiger partial charge in [-0.3, -0.25) is 4.40 Å². The molecular formula is C25H26N8O2S. The van der Waals surface area contributed by atoms with Crippen LogP contribution in [0.15, 0.2) is 54.2 Å². The monoisotopic (exact) mass is 502 g/mol. The van der Waals surface area contributed by atoms with E-state index < -0.39 is 9.84 Å². The van der Waals surface area contributed by atoms with Crippen LogP contribution in [0.2, 0.25) is 0 Å². The number of imidazole rings is 1. The number of nitrogens with one attached hydrogen (secondary N) is 1. The van der Waals surface area contributed by atoms with Crippen molar-refractivity contribution < 1.29 is 8.42 Å². The van der Waals surface area contributed by atoms with Gasteiger partial charge in [0.15, 0.2) is 26.3 Å². The first-order valence-electron chi connectivity index (χ1n) is 11.9. The molecule has 0 amide bonds. The summed E-state index contributed by atoms with van der Waals surface area (Å²) < 4.78 is 25.6. The summed E-state index contributed by atoms with van der Waals surface area (Å²) in [5.74, 6) is 2.00. The smallest absolute Gasteiger partial charge is 0.225 e. The van der Waals surface area contributed by atoms with Crippen LogP contribution in [0.5, 0.6) is 0 Å². The van der Waals surface area contributed by atoms with Gasteiger partial charge in [0.25, 0.3) is 0 Å². The Hall–Kier alpha value is -3.86. The van der Waals surface area contributed by atoms with Gasteiger partial charge in [-0.2, -0.15) is 0 Å². The first-order valence-corrected chi connectivity index (χ1v) is 13.8. The van der Waals surface area contributed by atoms with E-state index in [0.29, 0.717) is 28.8 Å². The van der Waals surface area contributed by atoms with Gasteiger partial charge in [0, 0.05) is 44.1 Å². The summed E-state index contributed by atoms with van der Waals surface area (Å²) in [5.41, 5.74) is 5.39. The third-order valence-corrected chi connectivity index (χ3v) is 7.64. The normalized spacial score (nSPS) is 16.3. The summed E-state index contributed by atoms with van der Waals surface area (Å²) in [7, 11) is -3.37. The van der Waals surface area contributed by atoms with E-state index in [1.807, 2.05) is 29.2 Å². The fraction of sp³-hybridized carbons (Fsp3) is 0.320. The molecule has 1 fully saturated rings. The largest absolute Gasteiger partial charge is 0.337 e. The van der Waals surface area contributed by atoms with Crippen molar-refractivity contribution >= 4 is 38.5 Å².